The van der Waals surface area contributed by atoms with E-state index in [9.17, 15) is 13.2 Å². The molecule has 0 aliphatic rings. The summed E-state index contributed by atoms with van der Waals surface area (Å²) in [5.41, 5.74) is 2.42. The Labute approximate surface area is 154 Å². The number of hydrogen-bond acceptors (Lipinski definition) is 0. The Hall–Kier alpha value is -2.03. The minimum absolute atomic E-state index is 0.172. The van der Waals surface area contributed by atoms with E-state index in [0.29, 0.717) is 36.8 Å². The fourth-order valence-corrected chi connectivity index (χ4v) is 2.96. The van der Waals surface area contributed by atoms with Gasteiger partial charge >= 0.3 is 0 Å². The summed E-state index contributed by atoms with van der Waals surface area (Å²) in [5, 5.41) is 0. The van der Waals surface area contributed by atoms with Gasteiger partial charge < -0.3 is 0 Å². The van der Waals surface area contributed by atoms with Crippen LogP contribution in [0.5, 0.6) is 0 Å². The molecule has 0 nitrogen and oxygen atoms in total. The van der Waals surface area contributed by atoms with E-state index in [1.165, 1.54) is 12.1 Å². The Kier molecular flexibility index (Phi) is 7.96. The predicted molar refractivity (Wildman–Crippen MR) is 103 cm³/mol. The third kappa shape index (κ3) is 5.76. The van der Waals surface area contributed by atoms with Crippen molar-refractivity contribution in [1.29, 1.82) is 0 Å². The Bertz CT molecular complexity index is 707. The zero-order chi connectivity index (χ0) is 18.9. The lowest BCUT2D eigenvalue weighted by atomic mass is 10.00. The maximum absolute atomic E-state index is 14.0. The third-order valence-electron chi connectivity index (χ3n) is 4.51. The molecule has 140 valence electrons. The van der Waals surface area contributed by atoms with Crippen LogP contribution >= 0.6 is 0 Å². The number of hydrogen-bond donors (Lipinski definition) is 0. The molecule has 0 saturated carbocycles. The van der Waals surface area contributed by atoms with E-state index in [2.05, 4.69) is 6.92 Å². The van der Waals surface area contributed by atoms with Gasteiger partial charge in [-0.15, -0.1) is 0 Å². The number of unbranched alkanes of at least 4 members (excludes halogenated alkanes) is 2. The SMILES string of the molecule is CCCC/C=C(/F)c1ccc(CCc2cc(F)c(CCC)c(F)c2)cc1. The van der Waals surface area contributed by atoms with Crippen molar-refractivity contribution in [3.63, 3.8) is 0 Å². The fourth-order valence-electron chi connectivity index (χ4n) is 2.96. The van der Waals surface area contributed by atoms with Crippen LogP contribution < -0.4 is 0 Å². The Balaban J connectivity index is 1.99. The molecule has 2 aromatic rings. The molecule has 0 saturated heterocycles. The van der Waals surface area contributed by atoms with Gasteiger partial charge in [-0.2, -0.15) is 0 Å². The molecule has 0 radical (unpaired) electrons. The second-order valence-corrected chi connectivity index (χ2v) is 6.68. The van der Waals surface area contributed by atoms with Crippen LogP contribution in [0.4, 0.5) is 13.2 Å². The maximum Gasteiger partial charge on any atom is 0.129 e. The average molecular weight is 360 g/mol. The van der Waals surface area contributed by atoms with E-state index in [-0.39, 0.29) is 11.4 Å². The van der Waals surface area contributed by atoms with E-state index < -0.39 is 11.6 Å². The number of aryl methyl sites for hydroxylation is 2. The van der Waals surface area contributed by atoms with Crippen molar-refractivity contribution in [2.75, 3.05) is 0 Å². The van der Waals surface area contributed by atoms with Crippen LogP contribution in [0, 0.1) is 11.6 Å². The van der Waals surface area contributed by atoms with Gasteiger partial charge in [0.2, 0.25) is 0 Å². The fraction of sp³-hybridized carbons (Fsp3) is 0.391. The van der Waals surface area contributed by atoms with Crippen LogP contribution in [0.3, 0.4) is 0 Å². The molecule has 0 aliphatic carbocycles. The zero-order valence-electron chi connectivity index (χ0n) is 15.6. The summed E-state index contributed by atoms with van der Waals surface area (Å²) >= 11 is 0. The summed E-state index contributed by atoms with van der Waals surface area (Å²) in [7, 11) is 0. The van der Waals surface area contributed by atoms with Crippen LogP contribution in [-0.4, -0.2) is 0 Å². The van der Waals surface area contributed by atoms with Gasteiger partial charge in [-0.25, -0.2) is 13.2 Å². The molecule has 0 heterocycles. The molecule has 0 atom stereocenters. The second-order valence-electron chi connectivity index (χ2n) is 6.68. The van der Waals surface area contributed by atoms with Gasteiger partial charge in [-0.1, -0.05) is 51.0 Å². The summed E-state index contributed by atoms with van der Waals surface area (Å²) in [5.74, 6) is -1.12. The van der Waals surface area contributed by atoms with Gasteiger partial charge in [0.05, 0.1) is 0 Å². The number of benzene rings is 2. The van der Waals surface area contributed by atoms with Crippen LogP contribution in [0.2, 0.25) is 0 Å². The molecule has 3 heteroatoms. The highest BCUT2D eigenvalue weighted by Gasteiger charge is 2.10. The number of halogens is 3. The second kappa shape index (κ2) is 10.2. The molecule has 0 unspecified atom stereocenters. The van der Waals surface area contributed by atoms with Gasteiger partial charge in [0, 0.05) is 11.1 Å². The van der Waals surface area contributed by atoms with Crippen LogP contribution in [0.1, 0.15) is 61.8 Å². The first-order valence-corrected chi connectivity index (χ1v) is 9.46. The zero-order valence-corrected chi connectivity index (χ0v) is 15.6. The quantitative estimate of drug-likeness (QED) is 0.415. The van der Waals surface area contributed by atoms with E-state index in [1.54, 1.807) is 18.2 Å². The first-order chi connectivity index (χ1) is 12.5. The Morgan fingerprint density at radius 2 is 1.46 bits per heavy atom. The summed E-state index contributed by atoms with van der Waals surface area (Å²) in [6.45, 7) is 3.98. The topological polar surface area (TPSA) is 0 Å². The minimum Gasteiger partial charge on any atom is -0.207 e. The lowest BCUT2D eigenvalue weighted by molar-refractivity contribution is 0.549. The smallest absolute Gasteiger partial charge is 0.129 e. The molecule has 26 heavy (non-hydrogen) atoms. The normalized spacial score (nSPS) is 11.8. The molecule has 2 aromatic carbocycles. The molecule has 0 amide bonds. The highest BCUT2D eigenvalue weighted by Crippen LogP contribution is 2.21. The van der Waals surface area contributed by atoms with Crippen molar-refractivity contribution in [2.24, 2.45) is 0 Å². The predicted octanol–water partition coefficient (Wildman–Crippen LogP) is 7.20. The molecular weight excluding hydrogens is 333 g/mol. The summed E-state index contributed by atoms with van der Waals surface area (Å²) in [4.78, 5) is 0. The molecule has 0 bridgehead atoms. The first kappa shape index (κ1) is 20.3. The first-order valence-electron chi connectivity index (χ1n) is 9.46. The van der Waals surface area contributed by atoms with E-state index >= 15 is 0 Å². The molecule has 0 spiro atoms. The summed E-state index contributed by atoms with van der Waals surface area (Å²) in [6, 6.07) is 10.1. The van der Waals surface area contributed by atoms with E-state index in [1.807, 2.05) is 19.1 Å². The van der Waals surface area contributed by atoms with Crippen LogP contribution in [-0.2, 0) is 19.3 Å². The van der Waals surface area contributed by atoms with Crippen LogP contribution in [0.25, 0.3) is 5.83 Å². The van der Waals surface area contributed by atoms with Gasteiger partial charge in [0.15, 0.2) is 0 Å². The highest BCUT2D eigenvalue weighted by molar-refractivity contribution is 5.59. The van der Waals surface area contributed by atoms with Crippen molar-refractivity contribution in [3.05, 3.63) is 76.4 Å². The lowest BCUT2D eigenvalue weighted by Gasteiger charge is -2.08. The van der Waals surface area contributed by atoms with E-state index in [4.69, 9.17) is 0 Å². The van der Waals surface area contributed by atoms with Crippen molar-refractivity contribution < 1.29 is 13.2 Å². The highest BCUT2D eigenvalue weighted by atomic mass is 19.1. The van der Waals surface area contributed by atoms with Crippen molar-refractivity contribution >= 4 is 5.83 Å². The van der Waals surface area contributed by atoms with Crippen molar-refractivity contribution in [3.8, 4) is 0 Å². The molecule has 0 N–H and O–H groups in total. The standard InChI is InChI=1S/C23H27F3/c1-3-5-6-8-21(24)19-13-11-17(12-14-19)9-10-18-15-22(25)20(7-4-2)23(26)16-18/h8,11-16H,3-7,9-10H2,1-2H3/b21-8+. The molecule has 0 aromatic heterocycles. The molecule has 2 rings (SSSR count). The summed E-state index contributed by atoms with van der Waals surface area (Å²) < 4.78 is 42.0. The van der Waals surface area contributed by atoms with Crippen molar-refractivity contribution in [1.82, 2.24) is 0 Å². The Morgan fingerprint density at radius 1 is 0.846 bits per heavy atom. The number of allylic oxidation sites excluding steroid dienone is 1. The summed E-state index contributed by atoms with van der Waals surface area (Å²) in [6.07, 6.45) is 6.73. The lowest BCUT2D eigenvalue weighted by Crippen LogP contribution is -2.00. The van der Waals surface area contributed by atoms with Crippen molar-refractivity contribution in [2.45, 2.75) is 58.8 Å². The van der Waals surface area contributed by atoms with Crippen LogP contribution in [0.15, 0.2) is 42.5 Å². The molecular formula is C23H27F3. The Morgan fingerprint density at radius 3 is 2.04 bits per heavy atom. The third-order valence-corrected chi connectivity index (χ3v) is 4.51. The largest absolute Gasteiger partial charge is 0.207 e. The average Bonchev–Trinajstić information content (AvgIpc) is 2.63. The van der Waals surface area contributed by atoms with Gasteiger partial charge in [-0.05, 0) is 61.4 Å². The number of rotatable bonds is 9. The monoisotopic (exact) mass is 360 g/mol. The minimum atomic E-state index is -0.462. The molecule has 0 fully saturated rings. The van der Waals surface area contributed by atoms with E-state index in [0.717, 1.165) is 24.8 Å². The van der Waals surface area contributed by atoms with Gasteiger partial charge in [0.1, 0.15) is 17.5 Å². The maximum atomic E-state index is 14.0. The molecule has 0 aliphatic heterocycles. The van der Waals surface area contributed by atoms with Gasteiger partial charge in [-0.3, -0.25) is 0 Å². The van der Waals surface area contributed by atoms with Gasteiger partial charge in [0.25, 0.3) is 0 Å².